The summed E-state index contributed by atoms with van der Waals surface area (Å²) >= 11 is 0. The third-order valence-electron chi connectivity index (χ3n) is 4.52. The van der Waals surface area contributed by atoms with Gasteiger partial charge in [0.25, 0.3) is 0 Å². The molecule has 0 spiro atoms. The van der Waals surface area contributed by atoms with Crippen LogP contribution < -0.4 is 20.7 Å². The molecule has 1 aromatic heterocycles. The van der Waals surface area contributed by atoms with Crippen LogP contribution in [0.1, 0.15) is 5.56 Å². The number of carbonyl (C=O) groups is 1. The van der Waals surface area contributed by atoms with Gasteiger partial charge in [-0.1, -0.05) is 30.3 Å². The van der Waals surface area contributed by atoms with Crippen molar-refractivity contribution in [1.82, 2.24) is 9.97 Å². The minimum absolute atomic E-state index is 0.371. The van der Waals surface area contributed by atoms with Gasteiger partial charge in [0.05, 0.1) is 18.3 Å². The average Bonchev–Trinajstić information content (AvgIpc) is 2.74. The Kier molecular flexibility index (Phi) is 5.43. The summed E-state index contributed by atoms with van der Waals surface area (Å²) in [5.74, 6) is 1.14. The predicted octanol–water partition coefficient (Wildman–Crippen LogP) is 5.33. The molecule has 150 valence electrons. The number of aryl methyl sites for hydroxylation is 1. The van der Waals surface area contributed by atoms with E-state index in [1.807, 2.05) is 61.5 Å². The lowest BCUT2D eigenvalue weighted by atomic mass is 10.1. The van der Waals surface area contributed by atoms with Crippen molar-refractivity contribution >= 4 is 39.8 Å². The highest BCUT2D eigenvalue weighted by Crippen LogP contribution is 2.33. The SMILES string of the molecule is COc1cc2ncnc(Nc3cccc(C)c3)c2cc1NC(=O)Nc1ccccc1. The lowest BCUT2D eigenvalue weighted by Crippen LogP contribution is -2.19. The second-order valence-corrected chi connectivity index (χ2v) is 6.73. The third kappa shape index (κ3) is 4.30. The maximum atomic E-state index is 12.5. The van der Waals surface area contributed by atoms with Gasteiger partial charge >= 0.3 is 6.03 Å². The fourth-order valence-corrected chi connectivity index (χ4v) is 3.12. The second kappa shape index (κ2) is 8.48. The van der Waals surface area contributed by atoms with Gasteiger partial charge < -0.3 is 20.7 Å². The Morgan fingerprint density at radius 3 is 2.47 bits per heavy atom. The van der Waals surface area contributed by atoms with Crippen molar-refractivity contribution in [3.8, 4) is 5.75 Å². The molecule has 0 aliphatic carbocycles. The molecule has 2 amide bonds. The number of nitrogens with zero attached hydrogens (tertiary/aromatic N) is 2. The average molecular weight is 399 g/mol. The van der Waals surface area contributed by atoms with Crippen LogP contribution in [0.4, 0.5) is 27.7 Å². The first-order chi connectivity index (χ1) is 14.6. The summed E-state index contributed by atoms with van der Waals surface area (Å²) in [6, 6.07) is 20.4. The molecule has 0 unspecified atom stereocenters. The van der Waals surface area contributed by atoms with Gasteiger partial charge in [-0.25, -0.2) is 14.8 Å². The number of urea groups is 1. The molecule has 0 aliphatic rings. The van der Waals surface area contributed by atoms with Crippen molar-refractivity contribution in [2.24, 2.45) is 0 Å². The molecule has 3 aromatic carbocycles. The van der Waals surface area contributed by atoms with E-state index in [0.717, 1.165) is 16.6 Å². The van der Waals surface area contributed by atoms with Crippen LogP contribution in [0.25, 0.3) is 10.9 Å². The van der Waals surface area contributed by atoms with Gasteiger partial charge in [-0.2, -0.15) is 0 Å². The summed E-state index contributed by atoms with van der Waals surface area (Å²) in [5.41, 5.74) is 3.97. The largest absolute Gasteiger partial charge is 0.494 e. The van der Waals surface area contributed by atoms with Crippen LogP contribution in [0.5, 0.6) is 5.75 Å². The zero-order valence-corrected chi connectivity index (χ0v) is 16.6. The summed E-state index contributed by atoms with van der Waals surface area (Å²) < 4.78 is 5.46. The monoisotopic (exact) mass is 399 g/mol. The lowest BCUT2D eigenvalue weighted by Gasteiger charge is -2.14. The topological polar surface area (TPSA) is 88.2 Å². The van der Waals surface area contributed by atoms with E-state index >= 15 is 0 Å². The molecule has 0 bridgehead atoms. The van der Waals surface area contributed by atoms with Crippen molar-refractivity contribution in [2.45, 2.75) is 6.92 Å². The van der Waals surface area contributed by atoms with Crippen molar-refractivity contribution in [3.63, 3.8) is 0 Å². The molecule has 4 rings (SSSR count). The highest BCUT2D eigenvalue weighted by molar-refractivity contribution is 6.03. The van der Waals surface area contributed by atoms with Gasteiger partial charge in [-0.05, 0) is 42.8 Å². The van der Waals surface area contributed by atoms with Crippen LogP contribution in [0.2, 0.25) is 0 Å². The zero-order chi connectivity index (χ0) is 20.9. The van der Waals surface area contributed by atoms with Crippen LogP contribution in [0.15, 0.2) is 73.1 Å². The van der Waals surface area contributed by atoms with Crippen LogP contribution in [0, 0.1) is 6.92 Å². The number of carbonyl (C=O) groups excluding carboxylic acids is 1. The molecule has 0 saturated carbocycles. The summed E-state index contributed by atoms with van der Waals surface area (Å²) in [6.45, 7) is 2.03. The zero-order valence-electron chi connectivity index (χ0n) is 16.6. The van der Waals surface area contributed by atoms with Crippen LogP contribution in [0.3, 0.4) is 0 Å². The summed E-state index contributed by atoms with van der Waals surface area (Å²) in [5, 5.41) is 9.73. The number of ether oxygens (including phenoxy) is 1. The smallest absolute Gasteiger partial charge is 0.323 e. The van der Waals surface area contributed by atoms with Gasteiger partial charge in [0, 0.05) is 22.8 Å². The van der Waals surface area contributed by atoms with E-state index in [4.69, 9.17) is 4.74 Å². The molecule has 3 N–H and O–H groups in total. The first-order valence-electron chi connectivity index (χ1n) is 9.42. The molecular formula is C23H21N5O2. The van der Waals surface area contributed by atoms with Gasteiger partial charge in [-0.3, -0.25) is 0 Å². The number of amides is 2. The predicted molar refractivity (Wildman–Crippen MR) is 120 cm³/mol. The molecule has 0 saturated heterocycles. The van der Waals surface area contributed by atoms with Crippen LogP contribution >= 0.6 is 0 Å². The standard InChI is InChI=1S/C23H21N5O2/c1-15-7-6-10-17(11-15)26-22-18-12-20(21(30-2)13-19(18)24-14-25-22)28-23(29)27-16-8-4-3-5-9-16/h3-14H,1-2H3,(H,24,25,26)(H2,27,28,29). The Bertz CT molecular complexity index is 1190. The van der Waals surface area contributed by atoms with E-state index < -0.39 is 0 Å². The lowest BCUT2D eigenvalue weighted by molar-refractivity contribution is 0.262. The van der Waals surface area contributed by atoms with Crippen molar-refractivity contribution < 1.29 is 9.53 Å². The number of benzene rings is 3. The Hall–Kier alpha value is -4.13. The molecule has 1 heterocycles. The molecule has 0 atom stereocenters. The third-order valence-corrected chi connectivity index (χ3v) is 4.52. The fraction of sp³-hybridized carbons (Fsp3) is 0.0870. The number of aromatic nitrogens is 2. The Balaban J connectivity index is 1.66. The summed E-state index contributed by atoms with van der Waals surface area (Å²) in [6.07, 6.45) is 1.50. The maximum absolute atomic E-state index is 12.5. The number of anilines is 4. The number of rotatable bonds is 5. The Labute approximate surface area is 174 Å². The van der Waals surface area contributed by atoms with Gasteiger partial charge in [0.1, 0.15) is 17.9 Å². The van der Waals surface area contributed by atoms with Crippen LogP contribution in [-0.4, -0.2) is 23.1 Å². The van der Waals surface area contributed by atoms with E-state index in [1.54, 1.807) is 19.2 Å². The number of fused-ring (bicyclic) bond motifs is 1. The molecule has 7 heteroatoms. The Morgan fingerprint density at radius 2 is 1.70 bits per heavy atom. The van der Waals surface area contributed by atoms with Crippen molar-refractivity contribution in [3.05, 3.63) is 78.6 Å². The fourth-order valence-electron chi connectivity index (χ4n) is 3.12. The van der Waals surface area contributed by atoms with Crippen LogP contribution in [-0.2, 0) is 0 Å². The molecule has 30 heavy (non-hydrogen) atoms. The van der Waals surface area contributed by atoms with Gasteiger partial charge in [-0.15, -0.1) is 0 Å². The molecule has 7 nitrogen and oxygen atoms in total. The quantitative estimate of drug-likeness (QED) is 0.422. The second-order valence-electron chi connectivity index (χ2n) is 6.73. The molecule has 0 radical (unpaired) electrons. The van der Waals surface area contributed by atoms with E-state index in [2.05, 4.69) is 25.9 Å². The van der Waals surface area contributed by atoms with E-state index in [9.17, 15) is 4.79 Å². The number of methoxy groups -OCH3 is 1. The molecule has 4 aromatic rings. The molecule has 0 fully saturated rings. The minimum Gasteiger partial charge on any atom is -0.494 e. The van der Waals surface area contributed by atoms with Gasteiger partial charge in [0.2, 0.25) is 0 Å². The van der Waals surface area contributed by atoms with E-state index in [-0.39, 0.29) is 6.03 Å². The summed E-state index contributed by atoms with van der Waals surface area (Å²) in [7, 11) is 1.55. The van der Waals surface area contributed by atoms with E-state index in [1.165, 1.54) is 6.33 Å². The first-order valence-corrected chi connectivity index (χ1v) is 9.42. The Morgan fingerprint density at radius 1 is 0.900 bits per heavy atom. The first kappa shape index (κ1) is 19.2. The summed E-state index contributed by atoms with van der Waals surface area (Å²) in [4.78, 5) is 21.2. The highest BCUT2D eigenvalue weighted by atomic mass is 16.5. The van der Waals surface area contributed by atoms with E-state index in [0.29, 0.717) is 28.5 Å². The van der Waals surface area contributed by atoms with Crippen molar-refractivity contribution in [1.29, 1.82) is 0 Å². The molecule has 0 aliphatic heterocycles. The highest BCUT2D eigenvalue weighted by Gasteiger charge is 2.13. The minimum atomic E-state index is -0.371. The maximum Gasteiger partial charge on any atom is 0.323 e. The normalized spacial score (nSPS) is 10.5. The molecular weight excluding hydrogens is 378 g/mol. The van der Waals surface area contributed by atoms with Gasteiger partial charge in [0.15, 0.2) is 0 Å². The number of hydrogen-bond acceptors (Lipinski definition) is 5. The number of hydrogen-bond donors (Lipinski definition) is 3. The number of para-hydroxylation sites is 1. The number of nitrogens with one attached hydrogen (secondary N) is 3. The van der Waals surface area contributed by atoms with Crippen molar-refractivity contribution in [2.75, 3.05) is 23.1 Å².